The summed E-state index contributed by atoms with van der Waals surface area (Å²) >= 11 is 0. The van der Waals surface area contributed by atoms with Crippen LogP contribution in [0.5, 0.6) is 0 Å². The van der Waals surface area contributed by atoms with Crippen LogP contribution in [0.25, 0.3) is 0 Å². The number of aromatic nitrogens is 2. The number of benzene rings is 1. The van der Waals surface area contributed by atoms with Crippen LogP contribution in [0.2, 0.25) is 0 Å². The van der Waals surface area contributed by atoms with Gasteiger partial charge in [-0.1, -0.05) is 0 Å². The maximum atomic E-state index is 11.3. The molecule has 0 saturated heterocycles. The maximum Gasteiger partial charge on any atom is 0.376 e. The first-order valence-electron chi connectivity index (χ1n) is 5.23. The molecular weight excluding hydrogens is 232 g/mol. The summed E-state index contributed by atoms with van der Waals surface area (Å²) in [6, 6.07) is 8.82. The highest BCUT2D eigenvalue weighted by molar-refractivity contribution is 5.85. The summed E-state index contributed by atoms with van der Waals surface area (Å²) < 4.78 is 4.55. The molecule has 0 unspecified atom stereocenters. The number of nitrogens with one attached hydrogen (secondary N) is 1. The zero-order valence-corrected chi connectivity index (χ0v) is 9.75. The van der Waals surface area contributed by atoms with Crippen LogP contribution in [0.15, 0.2) is 36.5 Å². The minimum atomic E-state index is -0.573. The first-order valence-corrected chi connectivity index (χ1v) is 5.23. The van der Waals surface area contributed by atoms with Crippen molar-refractivity contribution in [2.75, 3.05) is 18.2 Å². The Hall–Kier alpha value is -2.63. The van der Waals surface area contributed by atoms with Gasteiger partial charge in [-0.2, -0.15) is 0 Å². The molecule has 0 radical (unpaired) electrons. The molecule has 3 N–H and O–H groups in total. The van der Waals surface area contributed by atoms with Crippen molar-refractivity contribution in [2.24, 2.45) is 0 Å². The average Bonchev–Trinajstić information content (AvgIpc) is 2.41. The number of anilines is 3. The van der Waals surface area contributed by atoms with E-state index in [1.54, 1.807) is 18.2 Å². The SMILES string of the molecule is COC(=O)c1nccc(Nc2ccc(N)cc2)n1. The van der Waals surface area contributed by atoms with Gasteiger partial charge in [0.25, 0.3) is 0 Å². The van der Waals surface area contributed by atoms with Crippen LogP contribution in [-0.2, 0) is 4.74 Å². The number of hydrogen-bond acceptors (Lipinski definition) is 6. The number of nitrogens with two attached hydrogens (primary N) is 1. The lowest BCUT2D eigenvalue weighted by molar-refractivity contribution is 0.0587. The molecule has 92 valence electrons. The summed E-state index contributed by atoms with van der Waals surface area (Å²) in [5.74, 6) is -0.0518. The lowest BCUT2D eigenvalue weighted by atomic mass is 10.3. The van der Waals surface area contributed by atoms with Crippen molar-refractivity contribution in [1.29, 1.82) is 0 Å². The van der Waals surface area contributed by atoms with Crippen molar-refractivity contribution < 1.29 is 9.53 Å². The second kappa shape index (κ2) is 5.13. The fourth-order valence-electron chi connectivity index (χ4n) is 1.33. The number of nitrogen functional groups attached to an aromatic ring is 1. The number of carbonyl (C=O) groups excluding carboxylic acids is 1. The number of methoxy groups -OCH3 is 1. The Balaban J connectivity index is 2.19. The molecule has 2 aromatic rings. The monoisotopic (exact) mass is 244 g/mol. The van der Waals surface area contributed by atoms with E-state index in [-0.39, 0.29) is 5.82 Å². The van der Waals surface area contributed by atoms with E-state index in [9.17, 15) is 4.79 Å². The molecule has 6 nitrogen and oxygen atoms in total. The molecule has 0 saturated carbocycles. The summed E-state index contributed by atoms with van der Waals surface area (Å²) in [6.07, 6.45) is 1.49. The van der Waals surface area contributed by atoms with Crippen molar-refractivity contribution in [2.45, 2.75) is 0 Å². The number of hydrogen-bond donors (Lipinski definition) is 2. The predicted molar refractivity (Wildman–Crippen MR) is 67.5 cm³/mol. The zero-order valence-electron chi connectivity index (χ0n) is 9.75. The highest BCUT2D eigenvalue weighted by atomic mass is 16.5. The van der Waals surface area contributed by atoms with Gasteiger partial charge < -0.3 is 15.8 Å². The van der Waals surface area contributed by atoms with Crippen LogP contribution in [0.3, 0.4) is 0 Å². The molecule has 0 atom stereocenters. The van der Waals surface area contributed by atoms with Crippen molar-refractivity contribution >= 4 is 23.2 Å². The molecule has 0 aliphatic rings. The maximum absolute atomic E-state index is 11.3. The molecule has 0 spiro atoms. The molecule has 0 aliphatic carbocycles. The fraction of sp³-hybridized carbons (Fsp3) is 0.0833. The molecule has 1 aromatic carbocycles. The predicted octanol–water partition coefficient (Wildman–Crippen LogP) is 1.59. The van der Waals surface area contributed by atoms with Gasteiger partial charge in [0.05, 0.1) is 7.11 Å². The zero-order chi connectivity index (χ0) is 13.0. The van der Waals surface area contributed by atoms with Gasteiger partial charge in [0, 0.05) is 17.6 Å². The molecular formula is C12H12N4O2. The first-order chi connectivity index (χ1) is 8.69. The Kier molecular flexibility index (Phi) is 3.38. The number of esters is 1. The molecule has 0 amide bonds. The van der Waals surface area contributed by atoms with Gasteiger partial charge in [-0.05, 0) is 30.3 Å². The largest absolute Gasteiger partial charge is 0.463 e. The van der Waals surface area contributed by atoms with E-state index in [1.807, 2.05) is 12.1 Å². The van der Waals surface area contributed by atoms with Crippen molar-refractivity contribution in [3.05, 3.63) is 42.4 Å². The summed E-state index contributed by atoms with van der Waals surface area (Å²) in [6.45, 7) is 0. The highest BCUT2D eigenvalue weighted by Gasteiger charge is 2.09. The minimum absolute atomic E-state index is 0.0120. The Morgan fingerprint density at radius 1 is 1.28 bits per heavy atom. The van der Waals surface area contributed by atoms with Gasteiger partial charge in [-0.25, -0.2) is 14.8 Å². The van der Waals surface area contributed by atoms with E-state index >= 15 is 0 Å². The van der Waals surface area contributed by atoms with Gasteiger partial charge in [0.15, 0.2) is 0 Å². The lowest BCUT2D eigenvalue weighted by Gasteiger charge is -2.06. The van der Waals surface area contributed by atoms with Gasteiger partial charge >= 0.3 is 5.97 Å². The van der Waals surface area contributed by atoms with E-state index in [0.29, 0.717) is 11.5 Å². The van der Waals surface area contributed by atoms with Crippen molar-refractivity contribution in [1.82, 2.24) is 9.97 Å². The Bertz CT molecular complexity index is 554. The molecule has 0 bridgehead atoms. The molecule has 2 rings (SSSR count). The quantitative estimate of drug-likeness (QED) is 0.629. The third-order valence-electron chi connectivity index (χ3n) is 2.21. The van der Waals surface area contributed by atoms with E-state index in [2.05, 4.69) is 20.0 Å². The van der Waals surface area contributed by atoms with Crippen LogP contribution >= 0.6 is 0 Å². The summed E-state index contributed by atoms with van der Waals surface area (Å²) in [4.78, 5) is 19.1. The van der Waals surface area contributed by atoms with Crippen LogP contribution in [0.4, 0.5) is 17.2 Å². The Labute approximate surface area is 104 Å². The van der Waals surface area contributed by atoms with Gasteiger partial charge in [0.2, 0.25) is 5.82 Å². The van der Waals surface area contributed by atoms with E-state index < -0.39 is 5.97 Å². The van der Waals surface area contributed by atoms with Crippen molar-refractivity contribution in [3.63, 3.8) is 0 Å². The smallest absolute Gasteiger partial charge is 0.376 e. The van der Waals surface area contributed by atoms with E-state index in [4.69, 9.17) is 5.73 Å². The third kappa shape index (κ3) is 2.73. The molecule has 0 fully saturated rings. The lowest BCUT2D eigenvalue weighted by Crippen LogP contribution is -2.08. The number of rotatable bonds is 3. The second-order valence-electron chi connectivity index (χ2n) is 3.50. The molecule has 0 aliphatic heterocycles. The van der Waals surface area contributed by atoms with Crippen molar-refractivity contribution in [3.8, 4) is 0 Å². The average molecular weight is 244 g/mol. The highest BCUT2D eigenvalue weighted by Crippen LogP contribution is 2.15. The molecule has 1 aromatic heterocycles. The van der Waals surface area contributed by atoms with Crippen LogP contribution in [0.1, 0.15) is 10.6 Å². The standard InChI is InChI=1S/C12H12N4O2/c1-18-12(17)11-14-7-6-10(16-11)15-9-4-2-8(13)3-5-9/h2-7H,13H2,1H3,(H,14,15,16). The van der Waals surface area contributed by atoms with Crippen LogP contribution in [-0.4, -0.2) is 23.0 Å². The first kappa shape index (κ1) is 11.8. The molecule has 18 heavy (non-hydrogen) atoms. The van der Waals surface area contributed by atoms with E-state index in [0.717, 1.165) is 5.69 Å². The fourth-order valence-corrected chi connectivity index (χ4v) is 1.33. The van der Waals surface area contributed by atoms with Crippen LogP contribution < -0.4 is 11.1 Å². The van der Waals surface area contributed by atoms with Gasteiger partial charge in [-0.15, -0.1) is 0 Å². The van der Waals surface area contributed by atoms with Gasteiger partial charge in [0.1, 0.15) is 5.82 Å². The topological polar surface area (TPSA) is 90.1 Å². The minimum Gasteiger partial charge on any atom is -0.463 e. The van der Waals surface area contributed by atoms with E-state index in [1.165, 1.54) is 13.3 Å². The number of nitrogens with zero attached hydrogens (tertiary/aromatic N) is 2. The number of ether oxygens (including phenoxy) is 1. The van der Waals surface area contributed by atoms with Gasteiger partial charge in [-0.3, -0.25) is 0 Å². The summed E-state index contributed by atoms with van der Waals surface area (Å²) in [5.41, 5.74) is 7.08. The third-order valence-corrected chi connectivity index (χ3v) is 2.21. The second-order valence-corrected chi connectivity index (χ2v) is 3.50. The number of carbonyl (C=O) groups is 1. The normalized spacial score (nSPS) is 9.83. The summed E-state index contributed by atoms with van der Waals surface area (Å²) in [5, 5.41) is 3.04. The molecule has 6 heteroatoms. The van der Waals surface area contributed by atoms with Crippen LogP contribution in [0, 0.1) is 0 Å². The Morgan fingerprint density at radius 3 is 2.67 bits per heavy atom. The summed E-state index contributed by atoms with van der Waals surface area (Å²) in [7, 11) is 1.28. The Morgan fingerprint density at radius 2 is 2.00 bits per heavy atom. The molecule has 1 heterocycles.